The van der Waals surface area contributed by atoms with Gasteiger partial charge in [-0.15, -0.1) is 11.8 Å². The van der Waals surface area contributed by atoms with Gasteiger partial charge >= 0.3 is 51.4 Å². The Morgan fingerprint density at radius 3 is 2.89 bits per heavy atom. The van der Waals surface area contributed by atoms with Crippen molar-refractivity contribution >= 4 is 34.7 Å². The first kappa shape index (κ1) is 20.8. The van der Waals surface area contributed by atoms with Crippen LogP contribution in [0.15, 0.2) is 18.2 Å². The number of nitrogens with zero attached hydrogens (tertiary/aromatic N) is 3. The summed E-state index contributed by atoms with van der Waals surface area (Å²) in [6.45, 7) is 4.36. The first-order valence-corrected chi connectivity index (χ1v) is 10.1. The van der Waals surface area contributed by atoms with Gasteiger partial charge in [0.2, 0.25) is 5.91 Å². The zero-order valence-corrected chi connectivity index (χ0v) is 20.0. The van der Waals surface area contributed by atoms with Crippen LogP contribution in [-0.4, -0.2) is 47.6 Å². The number of rotatable bonds is 3. The molecule has 3 aliphatic rings. The number of hydrogen-bond acceptors (Lipinski definition) is 6. The van der Waals surface area contributed by atoms with Gasteiger partial charge in [0.05, 0.1) is 28.4 Å². The van der Waals surface area contributed by atoms with Crippen LogP contribution in [0.1, 0.15) is 37.8 Å². The molecule has 2 fully saturated rings. The Morgan fingerprint density at radius 2 is 2.18 bits per heavy atom. The number of carbonyl (C=O) groups excluding carboxylic acids is 2. The van der Waals surface area contributed by atoms with E-state index in [-0.39, 0.29) is 62.7 Å². The normalized spacial score (nSPS) is 28.5. The maximum Gasteiger partial charge on any atom is 1.00 e. The number of aliphatic hydroxyl groups is 1. The number of hydrogen-bond donors (Lipinski definition) is 1. The maximum atomic E-state index is 12.8. The summed E-state index contributed by atoms with van der Waals surface area (Å²) in [5, 5.41) is 22.3. The van der Waals surface area contributed by atoms with Crippen molar-refractivity contribution in [3.05, 3.63) is 29.6 Å². The van der Waals surface area contributed by atoms with Crippen LogP contribution in [0, 0.1) is 5.92 Å². The van der Waals surface area contributed by atoms with Crippen LogP contribution in [0.4, 0.5) is 0 Å². The van der Waals surface area contributed by atoms with E-state index in [1.807, 2.05) is 16.7 Å². The number of carboxylic acid groups (broad SMARTS) is 1. The number of aryl methyl sites for hydroxylation is 2. The molecule has 9 heteroatoms. The van der Waals surface area contributed by atoms with Gasteiger partial charge < -0.3 is 24.5 Å². The number of aromatic nitrogens is 2. The van der Waals surface area contributed by atoms with Crippen molar-refractivity contribution in [1.29, 1.82) is 0 Å². The number of para-hydroxylation sites is 1. The molecule has 5 rings (SSSR count). The summed E-state index contributed by atoms with van der Waals surface area (Å²) in [5.74, 6) is -1.76. The van der Waals surface area contributed by atoms with E-state index in [0.717, 1.165) is 30.4 Å². The SMILES string of the molecule is CC1(C)S[C@@H]2[C@H]([C@H](O)c3nc4cccc5c4n3CCC5)C(=O)N2[C@H]1C(=O)[O-].[K+]. The van der Waals surface area contributed by atoms with E-state index in [2.05, 4.69) is 11.1 Å². The molecule has 2 saturated heterocycles. The van der Waals surface area contributed by atoms with Crippen molar-refractivity contribution in [3.63, 3.8) is 0 Å². The number of β-lactam (4-membered cyclic amide) rings is 1. The van der Waals surface area contributed by atoms with Gasteiger partial charge in [0, 0.05) is 11.3 Å². The summed E-state index contributed by atoms with van der Waals surface area (Å²) < 4.78 is 1.36. The molecule has 142 valence electrons. The molecule has 1 amide bonds. The van der Waals surface area contributed by atoms with Crippen LogP contribution in [0.3, 0.4) is 0 Å². The number of aliphatic hydroxyl groups excluding tert-OH is 1. The minimum atomic E-state index is -1.25. The summed E-state index contributed by atoms with van der Waals surface area (Å²) in [4.78, 5) is 30.3. The minimum Gasteiger partial charge on any atom is -0.548 e. The molecular weight excluding hydrogens is 405 g/mol. The second-order valence-electron chi connectivity index (χ2n) is 8.06. The number of amides is 1. The molecule has 0 radical (unpaired) electrons. The molecule has 2 aromatic rings. The van der Waals surface area contributed by atoms with Crippen molar-refractivity contribution < 1.29 is 71.2 Å². The van der Waals surface area contributed by atoms with E-state index >= 15 is 0 Å². The molecule has 4 heterocycles. The number of aliphatic carboxylic acids is 1. The Labute approximate surface area is 209 Å². The molecule has 0 saturated carbocycles. The van der Waals surface area contributed by atoms with Gasteiger partial charge in [0.25, 0.3) is 0 Å². The van der Waals surface area contributed by atoms with Gasteiger partial charge in [0.15, 0.2) is 0 Å². The molecule has 0 aliphatic carbocycles. The monoisotopic (exact) mass is 425 g/mol. The van der Waals surface area contributed by atoms with Gasteiger partial charge in [-0.1, -0.05) is 12.1 Å². The zero-order valence-electron chi connectivity index (χ0n) is 16.1. The molecule has 7 nitrogen and oxygen atoms in total. The molecule has 1 N–H and O–H groups in total. The van der Waals surface area contributed by atoms with Crippen molar-refractivity contribution in [2.24, 2.45) is 5.92 Å². The number of carbonyl (C=O) groups is 2. The van der Waals surface area contributed by atoms with Gasteiger partial charge in [-0.05, 0) is 38.3 Å². The van der Waals surface area contributed by atoms with Crippen molar-refractivity contribution in [2.45, 2.75) is 55.5 Å². The van der Waals surface area contributed by atoms with E-state index in [9.17, 15) is 19.8 Å². The molecule has 1 aromatic carbocycles. The van der Waals surface area contributed by atoms with Crippen LogP contribution in [-0.2, 0) is 22.6 Å². The van der Waals surface area contributed by atoms with Gasteiger partial charge in [0.1, 0.15) is 17.8 Å². The predicted molar refractivity (Wildman–Crippen MR) is 97.6 cm³/mol. The quantitative estimate of drug-likeness (QED) is 0.430. The summed E-state index contributed by atoms with van der Waals surface area (Å²) in [6, 6.07) is 4.98. The third-order valence-electron chi connectivity index (χ3n) is 6.02. The minimum absolute atomic E-state index is 0. The van der Waals surface area contributed by atoms with Crippen molar-refractivity contribution in [1.82, 2.24) is 14.5 Å². The van der Waals surface area contributed by atoms with Gasteiger partial charge in [-0.25, -0.2) is 4.98 Å². The second kappa shape index (κ2) is 7.07. The Kier molecular flexibility index (Phi) is 5.26. The van der Waals surface area contributed by atoms with Crippen LogP contribution >= 0.6 is 11.8 Å². The molecule has 1 aromatic heterocycles. The topological polar surface area (TPSA) is 98.5 Å². The van der Waals surface area contributed by atoms with E-state index < -0.39 is 28.8 Å². The third kappa shape index (κ3) is 2.78. The molecule has 3 aliphatic heterocycles. The Morgan fingerprint density at radius 1 is 1.43 bits per heavy atom. The Balaban J connectivity index is 0.00000192. The van der Waals surface area contributed by atoms with E-state index in [4.69, 9.17) is 0 Å². The van der Waals surface area contributed by atoms with Gasteiger partial charge in [-0.2, -0.15) is 0 Å². The number of thioether (sulfide) groups is 1. The number of fused-ring (bicyclic) bond motifs is 1. The second-order valence-corrected chi connectivity index (χ2v) is 9.83. The molecular formula is C19H20KN3O4S. The van der Waals surface area contributed by atoms with Crippen LogP contribution in [0.5, 0.6) is 0 Å². The van der Waals surface area contributed by atoms with E-state index in [1.54, 1.807) is 13.8 Å². The first-order chi connectivity index (χ1) is 12.8. The number of carboxylic acids is 1. The standard InChI is InChI=1S/C19H21N3O4S.K/c1-19(2)14(18(25)26)22-16(24)11(17(22)27-19)13(23)15-20-10-7-3-5-9-6-4-8-21(15)12(9)10;/h3,5,7,11,13-14,17,23H,4,6,8H2,1-2H3,(H,25,26);/q;+1/p-1/t11-,13+,14+,17-;/m1./s1. The smallest absolute Gasteiger partial charge is 0.548 e. The first-order valence-electron chi connectivity index (χ1n) is 9.18. The molecule has 4 atom stereocenters. The molecule has 0 spiro atoms. The van der Waals surface area contributed by atoms with Crippen LogP contribution in [0.2, 0.25) is 0 Å². The molecule has 0 unspecified atom stereocenters. The number of imidazole rings is 1. The van der Waals surface area contributed by atoms with Crippen LogP contribution in [0.25, 0.3) is 11.0 Å². The van der Waals surface area contributed by atoms with E-state index in [1.165, 1.54) is 22.2 Å². The Hall–Kier alpha value is -0.424. The largest absolute Gasteiger partial charge is 1.00 e. The van der Waals surface area contributed by atoms with Gasteiger partial charge in [-0.3, -0.25) is 4.79 Å². The Bertz CT molecular complexity index is 991. The third-order valence-corrected chi connectivity index (χ3v) is 7.61. The maximum absolute atomic E-state index is 12.8. The van der Waals surface area contributed by atoms with Crippen molar-refractivity contribution in [2.75, 3.05) is 0 Å². The van der Waals surface area contributed by atoms with Crippen LogP contribution < -0.4 is 56.5 Å². The number of benzene rings is 1. The fourth-order valence-electron chi connectivity index (χ4n) is 4.83. The average Bonchev–Trinajstić information content (AvgIpc) is 3.10. The fourth-order valence-corrected chi connectivity index (χ4v) is 6.55. The van der Waals surface area contributed by atoms with Crippen molar-refractivity contribution in [3.8, 4) is 0 Å². The average molecular weight is 426 g/mol. The zero-order chi connectivity index (χ0) is 19.1. The fraction of sp³-hybridized carbons (Fsp3) is 0.526. The summed E-state index contributed by atoms with van der Waals surface area (Å²) in [5.41, 5.74) is 3.07. The molecule has 0 bridgehead atoms. The predicted octanol–water partition coefficient (Wildman–Crippen LogP) is -2.55. The summed E-state index contributed by atoms with van der Waals surface area (Å²) in [7, 11) is 0. The van der Waals surface area contributed by atoms with E-state index in [0.29, 0.717) is 5.82 Å². The summed E-state index contributed by atoms with van der Waals surface area (Å²) in [6.07, 6.45) is 0.889. The molecule has 28 heavy (non-hydrogen) atoms. The summed E-state index contributed by atoms with van der Waals surface area (Å²) >= 11 is 1.41.